The predicted octanol–water partition coefficient (Wildman–Crippen LogP) is 4.77. The highest BCUT2D eigenvalue weighted by Gasteiger charge is 2.47. The Labute approximate surface area is 195 Å². The highest BCUT2D eigenvalue weighted by molar-refractivity contribution is 6.51. The van der Waals surface area contributed by atoms with Crippen LogP contribution >= 0.6 is 11.6 Å². The van der Waals surface area contributed by atoms with E-state index in [1.54, 1.807) is 60.8 Å². The number of ether oxygens (including phenoxy) is 2. The highest BCUT2D eigenvalue weighted by atomic mass is 35.5. The number of halogens is 1. The second-order valence-electron chi connectivity index (χ2n) is 7.20. The fraction of sp³-hybridized carbons (Fsp3) is 0.160. The van der Waals surface area contributed by atoms with E-state index >= 15 is 0 Å². The molecule has 1 N–H and O–H groups in total. The Morgan fingerprint density at radius 3 is 2.52 bits per heavy atom. The smallest absolute Gasteiger partial charge is 0.300 e. The van der Waals surface area contributed by atoms with E-state index in [0.717, 1.165) is 0 Å². The Morgan fingerprint density at radius 2 is 1.88 bits per heavy atom. The van der Waals surface area contributed by atoms with E-state index in [4.69, 9.17) is 21.1 Å². The number of carbonyl (C=O) groups excluding carboxylic acids is 2. The van der Waals surface area contributed by atoms with Gasteiger partial charge < -0.3 is 14.6 Å². The summed E-state index contributed by atoms with van der Waals surface area (Å²) in [6.45, 7) is 2.18. The molecule has 1 aromatic heterocycles. The van der Waals surface area contributed by atoms with Crippen LogP contribution in [0.4, 0.5) is 5.69 Å². The molecule has 1 amide bonds. The van der Waals surface area contributed by atoms with E-state index < -0.39 is 17.7 Å². The van der Waals surface area contributed by atoms with Crippen molar-refractivity contribution >= 4 is 34.7 Å². The van der Waals surface area contributed by atoms with Crippen LogP contribution in [0.2, 0.25) is 5.02 Å². The number of hydrogen-bond donors (Lipinski definition) is 1. The van der Waals surface area contributed by atoms with Crippen molar-refractivity contribution in [2.45, 2.75) is 13.0 Å². The van der Waals surface area contributed by atoms with Gasteiger partial charge in [0.05, 0.1) is 30.0 Å². The third-order valence-corrected chi connectivity index (χ3v) is 5.58. The lowest BCUT2D eigenvalue weighted by atomic mass is 9.98. The van der Waals surface area contributed by atoms with E-state index in [1.165, 1.54) is 18.1 Å². The first-order chi connectivity index (χ1) is 16.0. The summed E-state index contributed by atoms with van der Waals surface area (Å²) in [5.41, 5.74) is 1.14. The number of pyridine rings is 1. The van der Waals surface area contributed by atoms with Crippen LogP contribution < -0.4 is 14.4 Å². The zero-order valence-electron chi connectivity index (χ0n) is 18.0. The number of aliphatic hydroxyl groups excluding tert-OH is 1. The molecule has 1 fully saturated rings. The molecule has 1 aliphatic heterocycles. The van der Waals surface area contributed by atoms with Gasteiger partial charge in [-0.25, -0.2) is 0 Å². The quantitative estimate of drug-likeness (QED) is 0.321. The topological polar surface area (TPSA) is 89.0 Å². The molecule has 168 valence electrons. The van der Waals surface area contributed by atoms with Crippen molar-refractivity contribution in [1.29, 1.82) is 0 Å². The molecule has 0 spiro atoms. The standard InChI is InChI=1S/C25H21ClN2O5/c1-3-33-20-14-15(7-12-18(20)26)23(29)21-22(19-6-4-5-13-27-19)28(25(31)24(21)30)16-8-10-17(32-2)11-9-16/h4-14,22,29H,3H2,1-2H3/b23-21-. The molecule has 0 saturated carbocycles. The molecule has 3 aromatic rings. The number of anilines is 1. The summed E-state index contributed by atoms with van der Waals surface area (Å²) in [5.74, 6) is -0.947. The minimum Gasteiger partial charge on any atom is -0.507 e. The molecule has 2 heterocycles. The number of rotatable bonds is 6. The SMILES string of the molecule is CCOc1cc(/C(O)=C2/C(=O)C(=O)N(c3ccc(OC)cc3)C2c2ccccn2)ccc1Cl. The molecule has 0 radical (unpaired) electrons. The zero-order chi connectivity index (χ0) is 23.5. The fourth-order valence-electron chi connectivity index (χ4n) is 3.73. The van der Waals surface area contributed by atoms with Crippen molar-refractivity contribution in [3.05, 3.63) is 88.7 Å². The van der Waals surface area contributed by atoms with Crippen LogP contribution in [0.5, 0.6) is 11.5 Å². The summed E-state index contributed by atoms with van der Waals surface area (Å²) in [4.78, 5) is 32.0. The number of aromatic nitrogens is 1. The van der Waals surface area contributed by atoms with Crippen molar-refractivity contribution in [2.75, 3.05) is 18.6 Å². The van der Waals surface area contributed by atoms with Gasteiger partial charge in [-0.15, -0.1) is 0 Å². The van der Waals surface area contributed by atoms with E-state index in [0.29, 0.717) is 40.1 Å². The molecule has 33 heavy (non-hydrogen) atoms. The number of methoxy groups -OCH3 is 1. The van der Waals surface area contributed by atoms with Gasteiger partial charge in [0.2, 0.25) is 0 Å². The lowest BCUT2D eigenvalue weighted by Crippen LogP contribution is -2.29. The normalized spacial score (nSPS) is 17.3. The molecule has 4 rings (SSSR count). The molecular weight excluding hydrogens is 444 g/mol. The summed E-state index contributed by atoms with van der Waals surface area (Å²) in [6.07, 6.45) is 1.57. The Hall–Kier alpha value is -3.84. The van der Waals surface area contributed by atoms with Gasteiger partial charge in [0.15, 0.2) is 0 Å². The molecule has 1 aliphatic rings. The number of ketones is 1. The van der Waals surface area contributed by atoms with Crippen molar-refractivity contribution in [3.8, 4) is 11.5 Å². The van der Waals surface area contributed by atoms with E-state index in [1.807, 2.05) is 6.92 Å². The van der Waals surface area contributed by atoms with Crippen LogP contribution in [0.25, 0.3) is 5.76 Å². The van der Waals surface area contributed by atoms with Gasteiger partial charge in [-0.2, -0.15) is 0 Å². The van der Waals surface area contributed by atoms with Gasteiger partial charge in [0.1, 0.15) is 23.3 Å². The maximum Gasteiger partial charge on any atom is 0.300 e. The minimum atomic E-state index is -0.925. The number of benzene rings is 2. The van der Waals surface area contributed by atoms with Crippen molar-refractivity contribution < 1.29 is 24.2 Å². The summed E-state index contributed by atoms with van der Waals surface area (Å²) < 4.78 is 10.7. The molecule has 8 heteroatoms. The van der Waals surface area contributed by atoms with Crippen LogP contribution in [-0.4, -0.2) is 35.5 Å². The Balaban J connectivity index is 1.90. The van der Waals surface area contributed by atoms with Crippen LogP contribution in [-0.2, 0) is 9.59 Å². The average Bonchev–Trinajstić information content (AvgIpc) is 3.11. The maximum atomic E-state index is 13.2. The third-order valence-electron chi connectivity index (χ3n) is 5.27. The molecule has 1 atom stereocenters. The van der Waals surface area contributed by atoms with Crippen molar-refractivity contribution in [1.82, 2.24) is 4.98 Å². The number of nitrogens with zero attached hydrogens (tertiary/aromatic N) is 2. The summed E-state index contributed by atoms with van der Waals surface area (Å²) >= 11 is 6.17. The molecular formula is C25H21ClN2O5. The Kier molecular flexibility index (Phi) is 6.33. The van der Waals surface area contributed by atoms with Crippen LogP contribution in [0.15, 0.2) is 72.4 Å². The first-order valence-electron chi connectivity index (χ1n) is 10.2. The molecule has 7 nitrogen and oxygen atoms in total. The van der Waals surface area contributed by atoms with Gasteiger partial charge in [-0.3, -0.25) is 19.5 Å². The maximum absolute atomic E-state index is 13.2. The lowest BCUT2D eigenvalue weighted by molar-refractivity contribution is -0.132. The van der Waals surface area contributed by atoms with E-state index in [2.05, 4.69) is 4.98 Å². The van der Waals surface area contributed by atoms with Gasteiger partial charge in [-0.1, -0.05) is 17.7 Å². The first-order valence-corrected chi connectivity index (χ1v) is 10.6. The molecule has 0 bridgehead atoms. The second-order valence-corrected chi connectivity index (χ2v) is 7.61. The number of carbonyl (C=O) groups is 2. The second kappa shape index (κ2) is 9.34. The van der Waals surface area contributed by atoms with Gasteiger partial charge in [0.25, 0.3) is 11.7 Å². The molecule has 1 unspecified atom stereocenters. The van der Waals surface area contributed by atoms with Gasteiger partial charge in [0, 0.05) is 17.4 Å². The van der Waals surface area contributed by atoms with E-state index in [-0.39, 0.29) is 11.3 Å². The lowest BCUT2D eigenvalue weighted by Gasteiger charge is -2.24. The first kappa shape index (κ1) is 22.4. The molecule has 2 aromatic carbocycles. The number of amides is 1. The largest absolute Gasteiger partial charge is 0.507 e. The number of hydrogen-bond acceptors (Lipinski definition) is 6. The third kappa shape index (κ3) is 4.15. The number of aliphatic hydroxyl groups is 1. The molecule has 0 aliphatic carbocycles. The summed E-state index contributed by atoms with van der Waals surface area (Å²) in [5, 5.41) is 11.6. The van der Waals surface area contributed by atoms with Crippen molar-refractivity contribution in [3.63, 3.8) is 0 Å². The van der Waals surface area contributed by atoms with Crippen LogP contribution in [0.1, 0.15) is 24.2 Å². The summed E-state index contributed by atoms with van der Waals surface area (Å²) in [7, 11) is 1.54. The zero-order valence-corrected chi connectivity index (χ0v) is 18.7. The van der Waals surface area contributed by atoms with Crippen LogP contribution in [0, 0.1) is 0 Å². The monoisotopic (exact) mass is 464 g/mol. The van der Waals surface area contributed by atoms with Crippen molar-refractivity contribution in [2.24, 2.45) is 0 Å². The van der Waals surface area contributed by atoms with E-state index in [9.17, 15) is 14.7 Å². The Bertz CT molecular complexity index is 1230. The fourth-order valence-corrected chi connectivity index (χ4v) is 3.90. The van der Waals surface area contributed by atoms with Gasteiger partial charge >= 0.3 is 0 Å². The minimum absolute atomic E-state index is 0.0701. The number of Topliss-reactive ketones (excluding diaryl/α,β-unsaturated/α-hetero) is 1. The predicted molar refractivity (Wildman–Crippen MR) is 125 cm³/mol. The molecule has 1 saturated heterocycles. The summed E-state index contributed by atoms with van der Waals surface area (Å²) in [6, 6.07) is 15.7. The van der Waals surface area contributed by atoms with Crippen LogP contribution in [0.3, 0.4) is 0 Å². The highest BCUT2D eigenvalue weighted by Crippen LogP contribution is 2.42. The average molecular weight is 465 g/mol. The Morgan fingerprint density at radius 1 is 1.12 bits per heavy atom. The van der Waals surface area contributed by atoms with Gasteiger partial charge in [-0.05, 0) is 61.5 Å².